The summed E-state index contributed by atoms with van der Waals surface area (Å²) in [6.45, 7) is 3.78. The van der Waals surface area contributed by atoms with E-state index in [4.69, 9.17) is 0 Å². The maximum atomic E-state index is 4.66. The molecule has 1 fully saturated rings. The first kappa shape index (κ1) is 19.5. The van der Waals surface area contributed by atoms with Crippen LogP contribution in [-0.2, 0) is 0 Å². The fraction of sp³-hybridized carbons (Fsp3) is 0.185. The molecule has 0 saturated carbocycles. The van der Waals surface area contributed by atoms with Gasteiger partial charge in [0.1, 0.15) is 0 Å². The van der Waals surface area contributed by atoms with E-state index in [0.717, 1.165) is 43.3 Å². The SMILES string of the molecule is c1ccc(-c2cnc(N3CCN(C(c4ccccc4)c4ccccc4)CC3)nc2)cc1. The highest BCUT2D eigenvalue weighted by molar-refractivity contribution is 5.61. The van der Waals surface area contributed by atoms with E-state index in [1.54, 1.807) is 0 Å². The van der Waals surface area contributed by atoms with Gasteiger partial charge in [0.2, 0.25) is 5.95 Å². The van der Waals surface area contributed by atoms with Crippen molar-refractivity contribution in [3.63, 3.8) is 0 Å². The Bertz CT molecular complexity index is 1030. The average Bonchev–Trinajstić information content (AvgIpc) is 2.87. The normalized spacial score (nSPS) is 14.7. The number of hydrogen-bond acceptors (Lipinski definition) is 4. The van der Waals surface area contributed by atoms with Gasteiger partial charge in [0, 0.05) is 44.1 Å². The molecule has 0 spiro atoms. The van der Waals surface area contributed by atoms with Crippen LogP contribution >= 0.6 is 0 Å². The first-order valence-corrected chi connectivity index (χ1v) is 10.8. The Hall–Kier alpha value is -3.50. The van der Waals surface area contributed by atoms with Crippen molar-refractivity contribution in [2.24, 2.45) is 0 Å². The van der Waals surface area contributed by atoms with E-state index in [-0.39, 0.29) is 6.04 Å². The summed E-state index contributed by atoms with van der Waals surface area (Å²) in [5.74, 6) is 0.815. The monoisotopic (exact) mass is 406 g/mol. The molecule has 4 nitrogen and oxygen atoms in total. The zero-order chi connectivity index (χ0) is 20.9. The molecule has 4 heteroatoms. The Balaban J connectivity index is 1.31. The van der Waals surface area contributed by atoms with Crippen molar-refractivity contribution < 1.29 is 0 Å². The maximum absolute atomic E-state index is 4.66. The van der Waals surface area contributed by atoms with Gasteiger partial charge in [0.15, 0.2) is 0 Å². The predicted octanol–water partition coefficient (Wildman–Crippen LogP) is 5.06. The van der Waals surface area contributed by atoms with Crippen molar-refractivity contribution in [2.75, 3.05) is 31.1 Å². The van der Waals surface area contributed by atoms with Crippen molar-refractivity contribution in [3.05, 3.63) is 115 Å². The summed E-state index contributed by atoms with van der Waals surface area (Å²) in [6, 6.07) is 32.2. The molecule has 2 heterocycles. The van der Waals surface area contributed by atoms with Crippen LogP contribution in [0, 0.1) is 0 Å². The quantitative estimate of drug-likeness (QED) is 0.464. The third-order valence-corrected chi connectivity index (χ3v) is 5.94. The van der Waals surface area contributed by atoms with Gasteiger partial charge in [-0.2, -0.15) is 0 Å². The second-order valence-electron chi connectivity index (χ2n) is 7.88. The Morgan fingerprint density at radius 3 is 1.55 bits per heavy atom. The molecule has 1 saturated heterocycles. The number of anilines is 1. The summed E-state index contributed by atoms with van der Waals surface area (Å²) in [6.07, 6.45) is 3.86. The highest BCUT2D eigenvalue weighted by atomic mass is 15.3. The van der Waals surface area contributed by atoms with E-state index in [2.05, 4.69) is 92.6 Å². The zero-order valence-corrected chi connectivity index (χ0v) is 17.5. The molecule has 0 radical (unpaired) electrons. The molecule has 1 aliphatic heterocycles. The van der Waals surface area contributed by atoms with Gasteiger partial charge >= 0.3 is 0 Å². The lowest BCUT2D eigenvalue weighted by atomic mass is 9.96. The smallest absolute Gasteiger partial charge is 0.225 e. The van der Waals surface area contributed by atoms with Crippen LogP contribution in [0.5, 0.6) is 0 Å². The summed E-state index contributed by atoms with van der Waals surface area (Å²) in [5, 5.41) is 0. The van der Waals surface area contributed by atoms with E-state index in [0.29, 0.717) is 0 Å². The number of rotatable bonds is 5. The summed E-state index contributed by atoms with van der Waals surface area (Å²) in [4.78, 5) is 14.2. The van der Waals surface area contributed by atoms with E-state index in [9.17, 15) is 0 Å². The van der Waals surface area contributed by atoms with Gasteiger partial charge in [-0.1, -0.05) is 91.0 Å². The molecular formula is C27H26N4. The van der Waals surface area contributed by atoms with Gasteiger partial charge in [-0.15, -0.1) is 0 Å². The summed E-state index contributed by atoms with van der Waals surface area (Å²) >= 11 is 0. The molecule has 0 aliphatic carbocycles. The number of hydrogen-bond donors (Lipinski definition) is 0. The van der Waals surface area contributed by atoms with Gasteiger partial charge in [-0.3, -0.25) is 4.90 Å². The third kappa shape index (κ3) is 4.35. The lowest BCUT2D eigenvalue weighted by Crippen LogP contribution is -2.48. The van der Waals surface area contributed by atoms with E-state index in [1.165, 1.54) is 11.1 Å². The first-order chi connectivity index (χ1) is 15.4. The molecule has 0 unspecified atom stereocenters. The molecule has 154 valence electrons. The lowest BCUT2D eigenvalue weighted by molar-refractivity contribution is 0.211. The summed E-state index contributed by atoms with van der Waals surface area (Å²) in [5.41, 5.74) is 4.87. The fourth-order valence-corrected chi connectivity index (χ4v) is 4.33. The van der Waals surface area contributed by atoms with Crippen LogP contribution in [0.3, 0.4) is 0 Å². The molecule has 1 aromatic heterocycles. The number of piperazine rings is 1. The van der Waals surface area contributed by atoms with E-state index < -0.39 is 0 Å². The van der Waals surface area contributed by atoms with Crippen LogP contribution < -0.4 is 4.90 Å². The zero-order valence-electron chi connectivity index (χ0n) is 17.5. The number of nitrogens with zero attached hydrogens (tertiary/aromatic N) is 4. The highest BCUT2D eigenvalue weighted by Crippen LogP contribution is 2.30. The first-order valence-electron chi connectivity index (χ1n) is 10.8. The van der Waals surface area contributed by atoms with Crippen molar-refractivity contribution >= 4 is 5.95 Å². The van der Waals surface area contributed by atoms with Crippen LogP contribution in [0.25, 0.3) is 11.1 Å². The molecule has 4 aromatic rings. The second kappa shape index (κ2) is 9.11. The van der Waals surface area contributed by atoms with Gasteiger partial charge in [-0.05, 0) is 16.7 Å². The van der Waals surface area contributed by atoms with Crippen LogP contribution in [0.2, 0.25) is 0 Å². The maximum Gasteiger partial charge on any atom is 0.225 e. The second-order valence-corrected chi connectivity index (χ2v) is 7.88. The lowest BCUT2D eigenvalue weighted by Gasteiger charge is -2.39. The van der Waals surface area contributed by atoms with Gasteiger partial charge in [-0.25, -0.2) is 9.97 Å². The molecule has 0 N–H and O–H groups in total. The van der Waals surface area contributed by atoms with E-state index >= 15 is 0 Å². The van der Waals surface area contributed by atoms with Crippen molar-refractivity contribution in [1.82, 2.24) is 14.9 Å². The van der Waals surface area contributed by atoms with Crippen LogP contribution in [-0.4, -0.2) is 41.0 Å². The highest BCUT2D eigenvalue weighted by Gasteiger charge is 2.27. The largest absolute Gasteiger partial charge is 0.338 e. The molecule has 0 bridgehead atoms. The standard InChI is InChI=1S/C27H26N4/c1-4-10-22(11-5-1)25-20-28-27(29-21-25)31-18-16-30(17-19-31)26(23-12-6-2-7-13-23)24-14-8-3-9-15-24/h1-15,20-21,26H,16-19H2. The Kier molecular flexibility index (Phi) is 5.72. The van der Waals surface area contributed by atoms with Gasteiger partial charge < -0.3 is 4.90 Å². The Morgan fingerprint density at radius 1 is 0.548 bits per heavy atom. The molecule has 1 aliphatic rings. The Labute approximate surface area is 183 Å². The number of aromatic nitrogens is 2. The topological polar surface area (TPSA) is 32.3 Å². The fourth-order valence-electron chi connectivity index (χ4n) is 4.33. The van der Waals surface area contributed by atoms with Crippen molar-refractivity contribution in [3.8, 4) is 11.1 Å². The molecule has 0 amide bonds. The third-order valence-electron chi connectivity index (χ3n) is 5.94. The molecule has 5 rings (SSSR count). The minimum atomic E-state index is 0.269. The molecule has 31 heavy (non-hydrogen) atoms. The van der Waals surface area contributed by atoms with E-state index in [1.807, 2.05) is 30.6 Å². The van der Waals surface area contributed by atoms with Crippen LogP contribution in [0.4, 0.5) is 5.95 Å². The summed E-state index contributed by atoms with van der Waals surface area (Å²) in [7, 11) is 0. The number of benzene rings is 3. The Morgan fingerprint density at radius 2 is 1.03 bits per heavy atom. The minimum Gasteiger partial charge on any atom is -0.338 e. The summed E-state index contributed by atoms with van der Waals surface area (Å²) < 4.78 is 0. The average molecular weight is 407 g/mol. The van der Waals surface area contributed by atoms with Gasteiger partial charge in [0.25, 0.3) is 0 Å². The van der Waals surface area contributed by atoms with Crippen LogP contribution in [0.15, 0.2) is 103 Å². The van der Waals surface area contributed by atoms with Crippen molar-refractivity contribution in [2.45, 2.75) is 6.04 Å². The van der Waals surface area contributed by atoms with Crippen molar-refractivity contribution in [1.29, 1.82) is 0 Å². The molecular weight excluding hydrogens is 380 g/mol. The minimum absolute atomic E-state index is 0.269. The molecule has 3 aromatic carbocycles. The molecule has 0 atom stereocenters. The van der Waals surface area contributed by atoms with Gasteiger partial charge in [0.05, 0.1) is 6.04 Å². The van der Waals surface area contributed by atoms with Crippen LogP contribution in [0.1, 0.15) is 17.2 Å². The predicted molar refractivity (Wildman–Crippen MR) is 126 cm³/mol.